The van der Waals surface area contributed by atoms with Gasteiger partial charge in [0.25, 0.3) is 0 Å². The number of carbonyl (C=O) groups is 1. The van der Waals surface area contributed by atoms with Gasteiger partial charge in [0, 0.05) is 24.6 Å². The lowest BCUT2D eigenvalue weighted by Gasteiger charge is -2.33. The molecule has 0 bridgehead atoms. The van der Waals surface area contributed by atoms with Crippen molar-refractivity contribution in [2.24, 2.45) is 5.92 Å². The van der Waals surface area contributed by atoms with Gasteiger partial charge in [0.15, 0.2) is 0 Å². The number of nitrogens with one attached hydrogen (secondary N) is 1. The van der Waals surface area contributed by atoms with E-state index in [1.165, 1.54) is 0 Å². The van der Waals surface area contributed by atoms with Crippen LogP contribution in [0, 0.1) is 5.92 Å². The molecule has 1 aromatic rings. The first-order valence-electron chi connectivity index (χ1n) is 6.61. The molecule has 6 heteroatoms. The Bertz CT molecular complexity index is 468. The van der Waals surface area contributed by atoms with Crippen LogP contribution in [0.4, 0.5) is 5.82 Å². The molecular weight excluding hydrogens is 246 g/mol. The lowest BCUT2D eigenvalue weighted by Crippen LogP contribution is -2.39. The Balaban J connectivity index is 1.59. The Morgan fingerprint density at radius 3 is 2.95 bits per heavy atom. The highest BCUT2D eigenvalue weighted by atomic mass is 16.5. The number of ether oxygens (including phenoxy) is 1. The Labute approximate surface area is 111 Å². The molecule has 6 nitrogen and oxygen atoms in total. The van der Waals surface area contributed by atoms with E-state index in [2.05, 4.69) is 15.3 Å². The molecular formula is C13H17N3O3. The van der Waals surface area contributed by atoms with Crippen LogP contribution in [-0.4, -0.2) is 40.3 Å². The number of hydrogen-bond acceptors (Lipinski definition) is 5. The summed E-state index contributed by atoms with van der Waals surface area (Å²) in [4.78, 5) is 19.2. The first-order chi connectivity index (χ1) is 9.22. The monoisotopic (exact) mass is 263 g/mol. The summed E-state index contributed by atoms with van der Waals surface area (Å²) in [7, 11) is 0. The summed E-state index contributed by atoms with van der Waals surface area (Å²) in [6.07, 6.45) is 3.90. The average Bonchev–Trinajstić information content (AvgIpc) is 2.87. The summed E-state index contributed by atoms with van der Waals surface area (Å²) in [5.41, 5.74) is 1.00. The van der Waals surface area contributed by atoms with E-state index in [1.54, 1.807) is 6.33 Å². The van der Waals surface area contributed by atoms with Crippen molar-refractivity contribution in [3.63, 3.8) is 0 Å². The normalized spacial score (nSPS) is 29.8. The third-order valence-electron chi connectivity index (χ3n) is 3.88. The lowest BCUT2D eigenvalue weighted by atomic mass is 9.80. The van der Waals surface area contributed by atoms with Gasteiger partial charge in [0.2, 0.25) is 0 Å². The van der Waals surface area contributed by atoms with Crippen molar-refractivity contribution >= 4 is 11.8 Å². The standard InChI is InChI=1S/C13H17N3O3/c17-13(18)9-3-10(4-9)16-12-5-11(14-7-15-12)8-1-2-19-6-8/h5,7-10H,1-4,6H2,(H,17,18)(H,14,15,16). The number of anilines is 1. The van der Waals surface area contributed by atoms with Crippen LogP contribution in [0.5, 0.6) is 0 Å². The van der Waals surface area contributed by atoms with Crippen LogP contribution >= 0.6 is 0 Å². The van der Waals surface area contributed by atoms with E-state index >= 15 is 0 Å². The molecule has 0 spiro atoms. The number of carboxylic acid groups (broad SMARTS) is 1. The lowest BCUT2D eigenvalue weighted by molar-refractivity contribution is -0.144. The van der Waals surface area contributed by atoms with Crippen LogP contribution in [0.25, 0.3) is 0 Å². The second-order valence-corrected chi connectivity index (χ2v) is 5.24. The zero-order valence-corrected chi connectivity index (χ0v) is 10.6. The van der Waals surface area contributed by atoms with E-state index in [-0.39, 0.29) is 12.0 Å². The van der Waals surface area contributed by atoms with Crippen molar-refractivity contribution in [2.75, 3.05) is 18.5 Å². The molecule has 102 valence electrons. The molecule has 2 N–H and O–H groups in total. The molecule has 2 aliphatic rings. The molecule has 0 radical (unpaired) electrons. The average molecular weight is 263 g/mol. The van der Waals surface area contributed by atoms with Crippen LogP contribution in [0.3, 0.4) is 0 Å². The van der Waals surface area contributed by atoms with E-state index in [0.29, 0.717) is 18.8 Å². The van der Waals surface area contributed by atoms with E-state index in [0.717, 1.165) is 31.1 Å². The summed E-state index contributed by atoms with van der Waals surface area (Å²) in [5.74, 6) is 0.231. The molecule has 19 heavy (non-hydrogen) atoms. The largest absolute Gasteiger partial charge is 0.481 e. The summed E-state index contributed by atoms with van der Waals surface area (Å²) in [5, 5.41) is 12.1. The molecule has 1 saturated carbocycles. The minimum Gasteiger partial charge on any atom is -0.481 e. The molecule has 2 fully saturated rings. The Kier molecular flexibility index (Phi) is 3.33. The third kappa shape index (κ3) is 2.68. The van der Waals surface area contributed by atoms with Crippen molar-refractivity contribution in [2.45, 2.75) is 31.2 Å². The van der Waals surface area contributed by atoms with Crippen molar-refractivity contribution in [3.05, 3.63) is 18.1 Å². The Morgan fingerprint density at radius 1 is 1.42 bits per heavy atom. The van der Waals surface area contributed by atoms with Crippen molar-refractivity contribution in [1.29, 1.82) is 0 Å². The smallest absolute Gasteiger partial charge is 0.306 e. The highest BCUT2D eigenvalue weighted by Gasteiger charge is 2.34. The predicted molar refractivity (Wildman–Crippen MR) is 68.0 cm³/mol. The van der Waals surface area contributed by atoms with Gasteiger partial charge in [-0.2, -0.15) is 0 Å². The topological polar surface area (TPSA) is 84.3 Å². The third-order valence-corrected chi connectivity index (χ3v) is 3.88. The fourth-order valence-electron chi connectivity index (χ4n) is 2.59. The van der Waals surface area contributed by atoms with Crippen molar-refractivity contribution in [3.8, 4) is 0 Å². The molecule has 1 aliphatic carbocycles. The maximum atomic E-state index is 10.7. The van der Waals surface area contributed by atoms with Gasteiger partial charge in [-0.05, 0) is 19.3 Å². The summed E-state index contributed by atoms with van der Waals surface area (Å²) in [6.45, 7) is 1.52. The predicted octanol–water partition coefficient (Wildman–Crippen LogP) is 1.26. The van der Waals surface area contributed by atoms with Gasteiger partial charge in [-0.1, -0.05) is 0 Å². The summed E-state index contributed by atoms with van der Waals surface area (Å²) < 4.78 is 5.36. The van der Waals surface area contributed by atoms with E-state index in [1.807, 2.05) is 6.07 Å². The second-order valence-electron chi connectivity index (χ2n) is 5.24. The molecule has 0 aromatic carbocycles. The maximum Gasteiger partial charge on any atom is 0.306 e. The molecule has 1 atom stereocenters. The number of carboxylic acids is 1. The fraction of sp³-hybridized carbons (Fsp3) is 0.615. The van der Waals surface area contributed by atoms with Crippen LogP contribution in [0.2, 0.25) is 0 Å². The van der Waals surface area contributed by atoms with Gasteiger partial charge in [-0.15, -0.1) is 0 Å². The zero-order chi connectivity index (χ0) is 13.2. The van der Waals surface area contributed by atoms with E-state index in [9.17, 15) is 4.79 Å². The van der Waals surface area contributed by atoms with E-state index < -0.39 is 5.97 Å². The molecule has 0 amide bonds. The molecule has 1 saturated heterocycles. The first-order valence-corrected chi connectivity index (χ1v) is 6.61. The van der Waals surface area contributed by atoms with Gasteiger partial charge in [-0.25, -0.2) is 9.97 Å². The molecule has 1 aliphatic heterocycles. The van der Waals surface area contributed by atoms with Crippen LogP contribution in [0.1, 0.15) is 30.9 Å². The highest BCUT2D eigenvalue weighted by Crippen LogP contribution is 2.30. The minimum absolute atomic E-state index is 0.206. The van der Waals surface area contributed by atoms with Gasteiger partial charge in [0.05, 0.1) is 18.2 Å². The molecule has 3 rings (SSSR count). The van der Waals surface area contributed by atoms with Crippen molar-refractivity contribution < 1.29 is 14.6 Å². The van der Waals surface area contributed by atoms with Gasteiger partial charge >= 0.3 is 5.97 Å². The van der Waals surface area contributed by atoms with Crippen LogP contribution in [0.15, 0.2) is 12.4 Å². The van der Waals surface area contributed by atoms with Crippen molar-refractivity contribution in [1.82, 2.24) is 9.97 Å². The number of hydrogen-bond donors (Lipinski definition) is 2. The Hall–Kier alpha value is -1.69. The number of rotatable bonds is 4. The SMILES string of the molecule is O=C(O)C1CC(Nc2cc(C3CCOC3)ncn2)C1. The summed E-state index contributed by atoms with van der Waals surface area (Å²) >= 11 is 0. The Morgan fingerprint density at radius 2 is 2.26 bits per heavy atom. The first kappa shape index (κ1) is 12.3. The quantitative estimate of drug-likeness (QED) is 0.850. The fourth-order valence-corrected chi connectivity index (χ4v) is 2.59. The second kappa shape index (κ2) is 5.13. The van der Waals surface area contributed by atoms with Crippen LogP contribution in [-0.2, 0) is 9.53 Å². The van der Waals surface area contributed by atoms with E-state index in [4.69, 9.17) is 9.84 Å². The number of nitrogens with zero attached hydrogens (tertiary/aromatic N) is 2. The maximum absolute atomic E-state index is 10.7. The van der Waals surface area contributed by atoms with Gasteiger partial charge < -0.3 is 15.2 Å². The minimum atomic E-state index is -0.704. The highest BCUT2D eigenvalue weighted by molar-refractivity contribution is 5.71. The van der Waals surface area contributed by atoms with Gasteiger partial charge in [0.1, 0.15) is 12.1 Å². The zero-order valence-electron chi connectivity index (χ0n) is 10.6. The van der Waals surface area contributed by atoms with Gasteiger partial charge in [-0.3, -0.25) is 4.79 Å². The number of aliphatic carboxylic acids is 1. The molecule has 1 unspecified atom stereocenters. The molecule has 2 heterocycles. The van der Waals surface area contributed by atoms with Crippen LogP contribution < -0.4 is 5.32 Å². The number of aromatic nitrogens is 2. The molecule has 1 aromatic heterocycles. The summed E-state index contributed by atoms with van der Waals surface area (Å²) in [6, 6.07) is 2.16.